The van der Waals surface area contributed by atoms with Gasteiger partial charge >= 0.3 is 6.18 Å². The summed E-state index contributed by atoms with van der Waals surface area (Å²) in [4.78, 5) is 30.0. The molecule has 182 valence electrons. The summed E-state index contributed by atoms with van der Waals surface area (Å²) in [7, 11) is 0. The summed E-state index contributed by atoms with van der Waals surface area (Å²) in [6.45, 7) is 3.76. The molecule has 0 unspecified atom stereocenters. The third kappa shape index (κ3) is 4.20. The van der Waals surface area contributed by atoms with E-state index >= 15 is 0 Å². The lowest BCUT2D eigenvalue weighted by Crippen LogP contribution is -2.49. The second-order valence-corrected chi connectivity index (χ2v) is 8.51. The first kappa shape index (κ1) is 23.2. The fourth-order valence-electron chi connectivity index (χ4n) is 4.24. The van der Waals surface area contributed by atoms with Crippen LogP contribution >= 0.6 is 11.6 Å². The van der Waals surface area contributed by atoms with Crippen molar-refractivity contribution in [3.8, 4) is 5.69 Å². The van der Waals surface area contributed by atoms with Gasteiger partial charge in [-0.25, -0.2) is 14.5 Å². The van der Waals surface area contributed by atoms with Crippen molar-refractivity contribution >= 4 is 34.5 Å². The van der Waals surface area contributed by atoms with Gasteiger partial charge in [0.2, 0.25) is 5.95 Å². The van der Waals surface area contributed by atoms with E-state index in [1.165, 1.54) is 16.8 Å². The number of aryl methyl sites for hydroxylation is 1. The van der Waals surface area contributed by atoms with Gasteiger partial charge in [0.1, 0.15) is 5.82 Å². The maximum atomic E-state index is 13.5. The zero-order chi connectivity index (χ0) is 24.7. The maximum absolute atomic E-state index is 13.5. The molecule has 4 aromatic rings. The number of imidazole rings is 1. The highest BCUT2D eigenvalue weighted by atomic mass is 35.5. The topological polar surface area (TPSA) is 72.1 Å². The molecule has 1 fully saturated rings. The molecule has 8 nitrogen and oxygen atoms in total. The monoisotopic (exact) mass is 503 g/mol. The number of fused-ring (bicyclic) bond motifs is 1. The Morgan fingerprint density at radius 1 is 1.00 bits per heavy atom. The second kappa shape index (κ2) is 8.88. The molecule has 0 aliphatic carbocycles. The molecule has 5 rings (SSSR count). The van der Waals surface area contributed by atoms with Crippen molar-refractivity contribution in [3.05, 3.63) is 69.9 Å². The van der Waals surface area contributed by atoms with Crippen LogP contribution < -0.4 is 15.4 Å². The first-order valence-corrected chi connectivity index (χ1v) is 11.4. The highest BCUT2D eigenvalue weighted by molar-refractivity contribution is 6.30. The molecule has 35 heavy (non-hydrogen) atoms. The Balaban J connectivity index is 1.54. The van der Waals surface area contributed by atoms with Crippen molar-refractivity contribution < 1.29 is 13.2 Å². The summed E-state index contributed by atoms with van der Waals surface area (Å²) in [5.74, 6) is 0.305. The number of benzene rings is 1. The Hall–Kier alpha value is -3.60. The van der Waals surface area contributed by atoms with Gasteiger partial charge in [0.25, 0.3) is 5.56 Å². The Morgan fingerprint density at radius 2 is 1.69 bits per heavy atom. The van der Waals surface area contributed by atoms with Crippen molar-refractivity contribution in [2.45, 2.75) is 19.6 Å². The number of aromatic nitrogens is 5. The zero-order valence-corrected chi connectivity index (χ0v) is 19.5. The SMILES string of the molecule is CCn1cnc2c(=O)n(-c3ccc(Cl)cc3)c(N3CCN(c4ncccc4C(F)(F)F)CC3)nc21. The number of nitrogens with zero attached hydrogens (tertiary/aromatic N) is 7. The number of rotatable bonds is 4. The average molecular weight is 504 g/mol. The maximum Gasteiger partial charge on any atom is 0.419 e. The Labute approximate surface area is 203 Å². The minimum Gasteiger partial charge on any atom is -0.353 e. The predicted octanol–water partition coefficient (Wildman–Crippen LogP) is 4.00. The first-order valence-electron chi connectivity index (χ1n) is 11.0. The minimum atomic E-state index is -4.50. The van der Waals surface area contributed by atoms with E-state index in [1.807, 2.05) is 11.8 Å². The molecular formula is C23H21ClF3N7O. The van der Waals surface area contributed by atoms with Crippen LogP contribution in [0.2, 0.25) is 5.02 Å². The van der Waals surface area contributed by atoms with Crippen molar-refractivity contribution in [1.29, 1.82) is 0 Å². The van der Waals surface area contributed by atoms with Gasteiger partial charge in [0.05, 0.1) is 17.6 Å². The van der Waals surface area contributed by atoms with Crippen LogP contribution in [0.4, 0.5) is 24.9 Å². The first-order chi connectivity index (χ1) is 16.8. The number of halogens is 4. The minimum absolute atomic E-state index is 0.0952. The average Bonchev–Trinajstić information content (AvgIpc) is 3.28. The molecule has 0 spiro atoms. The highest BCUT2D eigenvalue weighted by Crippen LogP contribution is 2.35. The number of pyridine rings is 1. The Kier molecular flexibility index (Phi) is 5.87. The number of piperazine rings is 1. The van der Waals surface area contributed by atoms with Crippen LogP contribution in [0.1, 0.15) is 12.5 Å². The van der Waals surface area contributed by atoms with Crippen molar-refractivity contribution in [2.75, 3.05) is 36.0 Å². The third-order valence-electron chi connectivity index (χ3n) is 6.00. The summed E-state index contributed by atoms with van der Waals surface area (Å²) in [5, 5.41) is 0.525. The molecule has 0 saturated carbocycles. The van der Waals surface area contributed by atoms with E-state index < -0.39 is 11.7 Å². The molecule has 12 heteroatoms. The third-order valence-corrected chi connectivity index (χ3v) is 6.25. The van der Waals surface area contributed by atoms with E-state index in [2.05, 4.69) is 9.97 Å². The smallest absolute Gasteiger partial charge is 0.353 e. The van der Waals surface area contributed by atoms with E-state index in [1.54, 1.807) is 40.1 Å². The zero-order valence-electron chi connectivity index (χ0n) is 18.7. The van der Waals surface area contributed by atoms with E-state index in [0.29, 0.717) is 41.9 Å². The molecule has 1 saturated heterocycles. The standard InChI is InChI=1S/C23H21ClF3N7O/c1-2-31-14-29-18-20(31)30-22(34(21(18)35)16-7-5-15(24)6-8-16)33-12-10-32(11-13-33)19-17(23(25,26)27)4-3-9-28-19/h3-9,14H,2,10-13H2,1H3. The largest absolute Gasteiger partial charge is 0.419 e. The Morgan fingerprint density at radius 3 is 2.34 bits per heavy atom. The molecule has 3 aromatic heterocycles. The summed E-state index contributed by atoms with van der Waals surface area (Å²) >= 11 is 6.04. The Bertz CT molecular complexity index is 1420. The number of alkyl halides is 3. The van der Waals surface area contributed by atoms with Crippen LogP contribution in [0.5, 0.6) is 0 Å². The fourth-order valence-corrected chi connectivity index (χ4v) is 4.37. The molecule has 0 amide bonds. The lowest BCUT2D eigenvalue weighted by molar-refractivity contribution is -0.137. The van der Waals surface area contributed by atoms with Gasteiger partial charge in [-0.05, 0) is 43.3 Å². The fraction of sp³-hybridized carbons (Fsp3) is 0.304. The van der Waals surface area contributed by atoms with Gasteiger partial charge in [-0.3, -0.25) is 4.79 Å². The van der Waals surface area contributed by atoms with Crippen molar-refractivity contribution in [3.63, 3.8) is 0 Å². The van der Waals surface area contributed by atoms with Gasteiger partial charge in [0, 0.05) is 43.9 Å². The van der Waals surface area contributed by atoms with Gasteiger partial charge in [-0.2, -0.15) is 18.2 Å². The molecule has 1 aliphatic rings. The molecular weight excluding hydrogens is 483 g/mol. The molecule has 1 aromatic carbocycles. The van der Waals surface area contributed by atoms with Gasteiger partial charge in [0.15, 0.2) is 11.2 Å². The molecule has 0 radical (unpaired) electrons. The lowest BCUT2D eigenvalue weighted by Gasteiger charge is -2.37. The van der Waals surface area contributed by atoms with E-state index in [4.69, 9.17) is 16.6 Å². The van der Waals surface area contributed by atoms with Gasteiger partial charge in [-0.15, -0.1) is 0 Å². The molecule has 0 bridgehead atoms. The van der Waals surface area contributed by atoms with E-state index in [9.17, 15) is 18.0 Å². The molecule has 0 N–H and O–H groups in total. The van der Waals surface area contributed by atoms with E-state index in [-0.39, 0.29) is 30.0 Å². The van der Waals surface area contributed by atoms with Crippen LogP contribution in [0, 0.1) is 0 Å². The van der Waals surface area contributed by atoms with Crippen LogP contribution in [-0.4, -0.2) is 50.3 Å². The van der Waals surface area contributed by atoms with Gasteiger partial charge in [-0.1, -0.05) is 11.6 Å². The summed E-state index contributed by atoms with van der Waals surface area (Å²) in [5.41, 5.74) is 0.182. The van der Waals surface area contributed by atoms with Crippen LogP contribution in [0.3, 0.4) is 0 Å². The summed E-state index contributed by atoms with van der Waals surface area (Å²) in [6.07, 6.45) is -1.57. The second-order valence-electron chi connectivity index (χ2n) is 8.08. The number of hydrogen-bond acceptors (Lipinski definition) is 6. The molecule has 0 atom stereocenters. The van der Waals surface area contributed by atoms with Crippen LogP contribution in [-0.2, 0) is 12.7 Å². The van der Waals surface area contributed by atoms with E-state index in [0.717, 1.165) is 6.07 Å². The quantitative estimate of drug-likeness (QED) is 0.419. The lowest BCUT2D eigenvalue weighted by atomic mass is 10.2. The van der Waals surface area contributed by atoms with Crippen LogP contribution in [0.15, 0.2) is 53.7 Å². The summed E-state index contributed by atoms with van der Waals surface area (Å²) < 4.78 is 43.8. The normalized spacial score (nSPS) is 14.7. The highest BCUT2D eigenvalue weighted by Gasteiger charge is 2.36. The summed E-state index contributed by atoms with van der Waals surface area (Å²) in [6, 6.07) is 9.12. The number of anilines is 2. The number of hydrogen-bond donors (Lipinski definition) is 0. The predicted molar refractivity (Wildman–Crippen MR) is 127 cm³/mol. The van der Waals surface area contributed by atoms with Gasteiger partial charge < -0.3 is 14.4 Å². The molecule has 1 aliphatic heterocycles. The van der Waals surface area contributed by atoms with Crippen molar-refractivity contribution in [2.24, 2.45) is 0 Å². The van der Waals surface area contributed by atoms with Crippen molar-refractivity contribution in [1.82, 2.24) is 24.1 Å². The molecule has 4 heterocycles. The van der Waals surface area contributed by atoms with Crippen LogP contribution in [0.25, 0.3) is 16.9 Å².